The molecule has 0 radical (unpaired) electrons. The summed E-state index contributed by atoms with van der Waals surface area (Å²) >= 11 is 0. The first-order valence-electron chi connectivity index (χ1n) is 9.07. The molecule has 2 aliphatic carbocycles. The molecular weight excluding hydrogens is 346 g/mol. The molecule has 140 valence electrons. The first-order valence-corrected chi connectivity index (χ1v) is 9.07. The number of hydrogen-bond acceptors (Lipinski definition) is 4. The van der Waals surface area contributed by atoms with Crippen molar-refractivity contribution in [2.75, 3.05) is 18.9 Å². The van der Waals surface area contributed by atoms with Crippen molar-refractivity contribution in [3.05, 3.63) is 41.5 Å². The number of fused-ring (bicyclic) bond motifs is 5. The third-order valence-electron chi connectivity index (χ3n) is 5.94. The zero-order valence-electron chi connectivity index (χ0n) is 15.2. The molecule has 1 heterocycles. The molecule has 4 unspecified atom stereocenters. The molecule has 4 atom stereocenters. The van der Waals surface area contributed by atoms with Crippen LogP contribution < -0.4 is 10.6 Å². The summed E-state index contributed by atoms with van der Waals surface area (Å²) in [6.07, 6.45) is 4.90. The smallest absolute Gasteiger partial charge is 0.251 e. The topological polar surface area (TPSA) is 95.6 Å². The SMILES string of the molecule is CNC(=O)c1cccc(NC(=O)CN2C(=O)C3C4C=CC(C4)C3C2=O)c1C. The monoisotopic (exact) mass is 367 g/mol. The molecule has 0 spiro atoms. The fraction of sp³-hybridized carbons (Fsp3) is 0.400. The molecule has 4 amide bonds. The van der Waals surface area contributed by atoms with Gasteiger partial charge in [0.15, 0.2) is 0 Å². The van der Waals surface area contributed by atoms with E-state index < -0.39 is 5.91 Å². The second-order valence-corrected chi connectivity index (χ2v) is 7.37. The molecule has 2 N–H and O–H groups in total. The lowest BCUT2D eigenvalue weighted by atomic mass is 9.85. The summed E-state index contributed by atoms with van der Waals surface area (Å²) in [7, 11) is 1.54. The molecule has 7 heteroatoms. The predicted molar refractivity (Wildman–Crippen MR) is 97.6 cm³/mol. The number of hydrogen-bond donors (Lipinski definition) is 2. The van der Waals surface area contributed by atoms with Crippen molar-refractivity contribution in [1.82, 2.24) is 10.2 Å². The maximum atomic E-state index is 12.7. The van der Waals surface area contributed by atoms with Crippen LogP contribution in [0.2, 0.25) is 0 Å². The van der Waals surface area contributed by atoms with Crippen molar-refractivity contribution < 1.29 is 19.2 Å². The van der Waals surface area contributed by atoms with Crippen LogP contribution in [0, 0.1) is 30.6 Å². The average Bonchev–Trinajstić information content (AvgIpc) is 3.33. The highest BCUT2D eigenvalue weighted by molar-refractivity contribution is 6.10. The fourth-order valence-electron chi connectivity index (χ4n) is 4.60. The van der Waals surface area contributed by atoms with E-state index in [0.29, 0.717) is 16.8 Å². The third-order valence-corrected chi connectivity index (χ3v) is 5.94. The molecule has 2 bridgehead atoms. The number of nitrogens with one attached hydrogen (secondary N) is 2. The number of anilines is 1. The molecule has 1 aromatic rings. The summed E-state index contributed by atoms with van der Waals surface area (Å²) < 4.78 is 0. The predicted octanol–water partition coefficient (Wildman–Crippen LogP) is 1.10. The van der Waals surface area contributed by atoms with Gasteiger partial charge in [0.2, 0.25) is 17.7 Å². The van der Waals surface area contributed by atoms with Crippen LogP contribution in [0.3, 0.4) is 0 Å². The fourth-order valence-corrected chi connectivity index (χ4v) is 4.60. The Morgan fingerprint density at radius 2 is 1.74 bits per heavy atom. The number of amides is 4. The van der Waals surface area contributed by atoms with Crippen molar-refractivity contribution in [1.29, 1.82) is 0 Å². The third kappa shape index (κ3) is 2.65. The van der Waals surface area contributed by atoms with E-state index in [-0.39, 0.29) is 47.9 Å². The van der Waals surface area contributed by atoms with Gasteiger partial charge in [-0.15, -0.1) is 0 Å². The van der Waals surface area contributed by atoms with Crippen molar-refractivity contribution in [3.63, 3.8) is 0 Å². The van der Waals surface area contributed by atoms with Crippen LogP contribution >= 0.6 is 0 Å². The average molecular weight is 367 g/mol. The Kier molecular flexibility index (Phi) is 4.09. The molecule has 1 saturated carbocycles. The van der Waals surface area contributed by atoms with E-state index in [9.17, 15) is 19.2 Å². The number of nitrogens with zero attached hydrogens (tertiary/aromatic N) is 1. The number of allylic oxidation sites excluding steroid dienone is 2. The molecule has 27 heavy (non-hydrogen) atoms. The Bertz CT molecular complexity index is 861. The minimum absolute atomic E-state index is 0.121. The van der Waals surface area contributed by atoms with Crippen LogP contribution in [-0.4, -0.2) is 42.1 Å². The molecular formula is C20H21N3O4. The molecule has 0 aromatic heterocycles. The molecule has 3 aliphatic rings. The Hall–Kier alpha value is -2.96. The first-order chi connectivity index (χ1) is 12.9. The van der Waals surface area contributed by atoms with Gasteiger partial charge in [-0.05, 0) is 42.9 Å². The van der Waals surface area contributed by atoms with Crippen molar-refractivity contribution >= 4 is 29.3 Å². The minimum Gasteiger partial charge on any atom is -0.355 e. The van der Waals surface area contributed by atoms with Gasteiger partial charge >= 0.3 is 0 Å². The van der Waals surface area contributed by atoms with Gasteiger partial charge in [-0.1, -0.05) is 18.2 Å². The number of likely N-dealkylation sites (tertiary alicyclic amines) is 1. The zero-order chi connectivity index (χ0) is 19.3. The van der Waals surface area contributed by atoms with Gasteiger partial charge in [-0.25, -0.2) is 0 Å². The lowest BCUT2D eigenvalue weighted by Gasteiger charge is -2.18. The highest BCUT2D eigenvalue weighted by Gasteiger charge is 2.59. The number of benzene rings is 1. The van der Waals surface area contributed by atoms with Gasteiger partial charge in [0, 0.05) is 18.3 Å². The summed E-state index contributed by atoms with van der Waals surface area (Å²) in [4.78, 5) is 50.8. The molecule has 4 rings (SSSR count). The van der Waals surface area contributed by atoms with E-state index in [1.165, 1.54) is 7.05 Å². The molecule has 2 fully saturated rings. The molecule has 7 nitrogen and oxygen atoms in total. The van der Waals surface area contributed by atoms with E-state index >= 15 is 0 Å². The minimum atomic E-state index is -0.450. The Morgan fingerprint density at radius 3 is 2.33 bits per heavy atom. The van der Waals surface area contributed by atoms with Gasteiger partial charge in [0.25, 0.3) is 5.91 Å². The van der Waals surface area contributed by atoms with Crippen LogP contribution in [0.15, 0.2) is 30.4 Å². The molecule has 1 aliphatic heterocycles. The van der Waals surface area contributed by atoms with Gasteiger partial charge in [0.05, 0.1) is 11.8 Å². The van der Waals surface area contributed by atoms with E-state index in [0.717, 1.165) is 11.3 Å². The number of carbonyl (C=O) groups is 4. The quantitative estimate of drug-likeness (QED) is 0.615. The zero-order valence-corrected chi connectivity index (χ0v) is 15.2. The second-order valence-electron chi connectivity index (χ2n) is 7.37. The van der Waals surface area contributed by atoms with E-state index in [4.69, 9.17) is 0 Å². The standard InChI is InChI=1S/C20H21N3O4/c1-10-13(18(25)21-2)4-3-5-14(10)22-15(24)9-23-19(26)16-11-6-7-12(8-11)17(16)20(23)27/h3-7,11-12,16-17H,8-9H2,1-2H3,(H,21,25)(H,22,24). The highest BCUT2D eigenvalue weighted by Crippen LogP contribution is 2.52. The summed E-state index contributed by atoms with van der Waals surface area (Å²) in [6, 6.07) is 5.03. The van der Waals surface area contributed by atoms with Crippen LogP contribution in [-0.2, 0) is 14.4 Å². The number of rotatable bonds is 4. The van der Waals surface area contributed by atoms with E-state index in [1.54, 1.807) is 25.1 Å². The van der Waals surface area contributed by atoms with E-state index in [1.807, 2.05) is 12.2 Å². The first kappa shape index (κ1) is 17.5. The second kappa shape index (κ2) is 6.33. The maximum absolute atomic E-state index is 12.7. The maximum Gasteiger partial charge on any atom is 0.251 e. The van der Waals surface area contributed by atoms with Gasteiger partial charge in [0.1, 0.15) is 6.54 Å². The van der Waals surface area contributed by atoms with Gasteiger partial charge in [-0.3, -0.25) is 24.1 Å². The molecule has 1 aromatic carbocycles. The Labute approximate surface area is 156 Å². The largest absolute Gasteiger partial charge is 0.355 e. The number of carbonyl (C=O) groups excluding carboxylic acids is 4. The lowest BCUT2D eigenvalue weighted by molar-refractivity contribution is -0.143. The lowest BCUT2D eigenvalue weighted by Crippen LogP contribution is -2.39. The Balaban J connectivity index is 1.47. The summed E-state index contributed by atoms with van der Waals surface area (Å²) in [5, 5.41) is 5.28. The van der Waals surface area contributed by atoms with Crippen LogP contribution in [0.25, 0.3) is 0 Å². The Morgan fingerprint density at radius 1 is 1.11 bits per heavy atom. The molecule has 1 saturated heterocycles. The summed E-state index contributed by atoms with van der Waals surface area (Å²) in [6.45, 7) is 1.44. The van der Waals surface area contributed by atoms with Gasteiger partial charge < -0.3 is 10.6 Å². The number of imide groups is 1. The van der Waals surface area contributed by atoms with Crippen LogP contribution in [0.1, 0.15) is 22.3 Å². The van der Waals surface area contributed by atoms with Crippen molar-refractivity contribution in [2.45, 2.75) is 13.3 Å². The van der Waals surface area contributed by atoms with E-state index in [2.05, 4.69) is 10.6 Å². The van der Waals surface area contributed by atoms with Crippen molar-refractivity contribution in [2.24, 2.45) is 23.7 Å². The summed E-state index contributed by atoms with van der Waals surface area (Å²) in [5.74, 6) is -1.55. The summed E-state index contributed by atoms with van der Waals surface area (Å²) in [5.41, 5.74) is 1.58. The van der Waals surface area contributed by atoms with Gasteiger partial charge in [-0.2, -0.15) is 0 Å². The highest BCUT2D eigenvalue weighted by atomic mass is 16.2. The van der Waals surface area contributed by atoms with Crippen LogP contribution in [0.4, 0.5) is 5.69 Å². The normalized spacial score (nSPS) is 27.9. The van der Waals surface area contributed by atoms with Crippen molar-refractivity contribution in [3.8, 4) is 0 Å². The van der Waals surface area contributed by atoms with Crippen LogP contribution in [0.5, 0.6) is 0 Å².